The molecule has 4 aromatic carbocycles. The van der Waals surface area contributed by atoms with Crippen molar-refractivity contribution in [2.75, 3.05) is 20.3 Å². The second-order valence-electron chi connectivity index (χ2n) is 10.7. The fraction of sp³-hybridized carbons (Fsp3) is 0.229. The molecule has 0 fully saturated rings. The Kier molecular flexibility index (Phi) is 11.3. The largest absolute Gasteiger partial charge is 0.490 e. The molecule has 1 aliphatic heterocycles. The van der Waals surface area contributed by atoms with Gasteiger partial charge in [-0.3, -0.25) is 5.43 Å². The van der Waals surface area contributed by atoms with Crippen LogP contribution in [0.5, 0.6) is 17.2 Å². The third-order valence-electron chi connectivity index (χ3n) is 7.33. The van der Waals surface area contributed by atoms with Crippen molar-refractivity contribution in [3.05, 3.63) is 111 Å². The molecule has 0 unspecified atom stereocenters. The first-order valence-electron chi connectivity index (χ1n) is 15.0. The van der Waals surface area contributed by atoms with Gasteiger partial charge in [0, 0.05) is 5.70 Å². The fourth-order valence-corrected chi connectivity index (χ4v) is 5.71. The summed E-state index contributed by atoms with van der Waals surface area (Å²) in [5.74, 6) is 0.469. The summed E-state index contributed by atoms with van der Waals surface area (Å²) < 4.78 is 22.4. The molecule has 0 aromatic heterocycles. The Hall–Kier alpha value is -4.97. The molecule has 0 aliphatic carbocycles. The molecule has 4 N–H and O–H groups in total. The number of carbonyl (C=O) groups excluding carboxylic acids is 2. The number of aliphatic hydroxyl groups is 1. The van der Waals surface area contributed by atoms with Crippen LogP contribution in [-0.2, 0) is 16.1 Å². The molecule has 0 saturated carbocycles. The predicted octanol–water partition coefficient (Wildman–Crippen LogP) is 6.25. The Morgan fingerprint density at radius 2 is 1.75 bits per heavy atom. The Balaban J connectivity index is 1.18. The van der Waals surface area contributed by atoms with Crippen LogP contribution in [0, 0.1) is 0 Å². The van der Waals surface area contributed by atoms with Gasteiger partial charge in [0.2, 0.25) is 0 Å². The molecular weight excluding hydrogens is 659 g/mol. The van der Waals surface area contributed by atoms with Gasteiger partial charge in [0.1, 0.15) is 13.2 Å². The number of benzene rings is 4. The average Bonchev–Trinajstić information content (AvgIpc) is 3.06. The Bertz CT molecular complexity index is 1860. The van der Waals surface area contributed by atoms with Crippen LogP contribution in [0.25, 0.3) is 10.8 Å². The van der Waals surface area contributed by atoms with Crippen molar-refractivity contribution in [3.63, 3.8) is 0 Å². The number of halogens is 2. The topological polar surface area (TPSA) is 140 Å². The van der Waals surface area contributed by atoms with Gasteiger partial charge in [-0.25, -0.2) is 9.59 Å². The number of urea groups is 1. The molecule has 0 spiro atoms. The van der Waals surface area contributed by atoms with E-state index in [0.29, 0.717) is 57.3 Å². The monoisotopic (exact) mass is 692 g/mol. The number of methoxy groups -OCH3 is 1. The van der Waals surface area contributed by atoms with Crippen molar-refractivity contribution in [2.45, 2.75) is 32.7 Å². The molecule has 1 heterocycles. The maximum absolute atomic E-state index is 12.5. The van der Waals surface area contributed by atoms with Gasteiger partial charge >= 0.3 is 12.0 Å². The van der Waals surface area contributed by atoms with Crippen molar-refractivity contribution in [3.8, 4) is 17.2 Å². The van der Waals surface area contributed by atoms with Gasteiger partial charge in [0.05, 0.1) is 41.6 Å². The van der Waals surface area contributed by atoms with Crippen molar-refractivity contribution >= 4 is 52.2 Å². The minimum absolute atomic E-state index is 0.184. The molecule has 0 bridgehead atoms. The van der Waals surface area contributed by atoms with Crippen molar-refractivity contribution in [1.29, 1.82) is 0 Å². The minimum Gasteiger partial charge on any atom is -0.490 e. The number of carbonyl (C=O) groups is 2. The molecule has 250 valence electrons. The van der Waals surface area contributed by atoms with E-state index in [9.17, 15) is 14.7 Å². The van der Waals surface area contributed by atoms with Crippen LogP contribution in [0.3, 0.4) is 0 Å². The molecule has 1 aliphatic rings. The third kappa shape index (κ3) is 8.29. The molecule has 5 rings (SSSR count). The molecule has 48 heavy (non-hydrogen) atoms. The summed E-state index contributed by atoms with van der Waals surface area (Å²) >= 11 is 13.0. The summed E-state index contributed by atoms with van der Waals surface area (Å²) in [5.41, 5.74) is 5.37. The molecule has 11 nitrogen and oxygen atoms in total. The number of esters is 1. The summed E-state index contributed by atoms with van der Waals surface area (Å²) in [4.78, 5) is 24.6. The first-order chi connectivity index (χ1) is 23.2. The van der Waals surface area contributed by atoms with Gasteiger partial charge in [-0.2, -0.15) is 5.10 Å². The maximum Gasteiger partial charge on any atom is 0.337 e. The van der Waals surface area contributed by atoms with Gasteiger partial charge in [0.15, 0.2) is 23.5 Å². The molecule has 13 heteroatoms. The highest BCUT2D eigenvalue weighted by Gasteiger charge is 2.32. The van der Waals surface area contributed by atoms with Crippen LogP contribution < -0.4 is 30.3 Å². The normalized spacial score (nSPS) is 15.1. The first-order valence-corrected chi connectivity index (χ1v) is 15.7. The van der Waals surface area contributed by atoms with Gasteiger partial charge < -0.3 is 34.7 Å². The zero-order valence-corrected chi connectivity index (χ0v) is 27.9. The second-order valence-corrected chi connectivity index (χ2v) is 11.5. The number of nitrogens with one attached hydrogen (secondary N) is 3. The van der Waals surface area contributed by atoms with Crippen LogP contribution in [-0.4, -0.2) is 49.9 Å². The number of fused-ring (bicyclic) bond motifs is 1. The average molecular weight is 694 g/mol. The van der Waals surface area contributed by atoms with Crippen LogP contribution in [0.15, 0.2) is 89.2 Å². The lowest BCUT2D eigenvalue weighted by atomic mass is 9.95. The number of nitrogens with zero attached hydrogens (tertiary/aromatic N) is 1. The van der Waals surface area contributed by atoms with E-state index in [1.807, 2.05) is 30.3 Å². The van der Waals surface area contributed by atoms with Crippen LogP contribution >= 0.6 is 23.2 Å². The highest BCUT2D eigenvalue weighted by molar-refractivity contribution is 6.37. The smallest absolute Gasteiger partial charge is 0.337 e. The fourth-order valence-electron chi connectivity index (χ4n) is 5.10. The number of amides is 2. The summed E-state index contributed by atoms with van der Waals surface area (Å²) in [7, 11) is 1.27. The number of rotatable bonds is 13. The van der Waals surface area contributed by atoms with Gasteiger partial charge in [-0.15, -0.1) is 0 Å². The second kappa shape index (κ2) is 15.7. The van der Waals surface area contributed by atoms with E-state index in [0.717, 1.165) is 16.3 Å². The standard InChI is InChI=1S/C35H34Cl2N4O7/c1-4-46-29-16-25(32-31(34(43)45-3)20(2)39-35(44)40-32)11-12-28(29)47-19-30(42)41-38-17-22-14-26(36)33(27(37)15-22)48-18-21-9-10-23-7-5-6-8-24(23)13-21/h5-17,30,32,41-42H,4,18-19H2,1-3H3,(H2,39,40,44)/b38-17-/t30-,32+/m1/s1. The lowest BCUT2D eigenvalue weighted by molar-refractivity contribution is -0.136. The van der Waals surface area contributed by atoms with Crippen molar-refractivity contribution < 1.29 is 33.6 Å². The third-order valence-corrected chi connectivity index (χ3v) is 7.89. The Labute approximate surface area is 287 Å². The van der Waals surface area contributed by atoms with E-state index in [4.69, 9.17) is 42.1 Å². The number of hydrogen-bond donors (Lipinski definition) is 4. The Morgan fingerprint density at radius 1 is 1.00 bits per heavy atom. The zero-order chi connectivity index (χ0) is 34.2. The number of aliphatic hydroxyl groups excluding tert-OH is 1. The lowest BCUT2D eigenvalue weighted by Gasteiger charge is -2.28. The number of allylic oxidation sites excluding steroid dienone is 1. The summed E-state index contributed by atoms with van der Waals surface area (Å²) in [6.07, 6.45) is 0.266. The quantitative estimate of drug-likeness (QED) is 0.0559. The van der Waals surface area contributed by atoms with E-state index in [1.54, 1.807) is 44.2 Å². The predicted molar refractivity (Wildman–Crippen MR) is 184 cm³/mol. The summed E-state index contributed by atoms with van der Waals surface area (Å²) in [6.45, 7) is 3.85. The van der Waals surface area contributed by atoms with Gasteiger partial charge in [-0.1, -0.05) is 65.7 Å². The molecule has 2 atom stereocenters. The van der Waals surface area contributed by atoms with E-state index < -0.39 is 24.3 Å². The minimum atomic E-state index is -1.19. The SMILES string of the molecule is CCOc1cc([C@@H]2NC(=O)NC(C)=C2C(=O)OC)ccc1OC[C@@H](O)N/N=C\c1cc(Cl)c(OCc2ccc3ccccc3c2)c(Cl)c1. The number of hydrazone groups is 1. The van der Waals surface area contributed by atoms with Crippen LogP contribution in [0.1, 0.15) is 36.6 Å². The molecule has 0 saturated heterocycles. The summed E-state index contributed by atoms with van der Waals surface area (Å²) in [6, 6.07) is 21.2. The Morgan fingerprint density at radius 3 is 2.48 bits per heavy atom. The molecule has 0 radical (unpaired) electrons. The molecule has 4 aromatic rings. The number of ether oxygens (including phenoxy) is 4. The van der Waals surface area contributed by atoms with Gasteiger partial charge in [-0.05, 0) is 71.6 Å². The van der Waals surface area contributed by atoms with Crippen LogP contribution in [0.2, 0.25) is 10.0 Å². The molecular formula is C35H34Cl2N4O7. The van der Waals surface area contributed by atoms with Crippen LogP contribution in [0.4, 0.5) is 4.79 Å². The maximum atomic E-state index is 12.5. The number of hydrogen-bond acceptors (Lipinski definition) is 9. The van der Waals surface area contributed by atoms with Crippen molar-refractivity contribution in [1.82, 2.24) is 16.1 Å². The van der Waals surface area contributed by atoms with E-state index in [1.165, 1.54) is 13.3 Å². The van der Waals surface area contributed by atoms with Gasteiger partial charge in [0.25, 0.3) is 0 Å². The van der Waals surface area contributed by atoms with E-state index >= 15 is 0 Å². The van der Waals surface area contributed by atoms with E-state index in [-0.39, 0.29) is 12.2 Å². The van der Waals surface area contributed by atoms with E-state index in [2.05, 4.69) is 33.3 Å². The highest BCUT2D eigenvalue weighted by Crippen LogP contribution is 2.36. The molecule has 2 amide bonds. The lowest BCUT2D eigenvalue weighted by Crippen LogP contribution is -2.45. The summed E-state index contributed by atoms with van der Waals surface area (Å²) in [5, 5.41) is 22.8. The van der Waals surface area contributed by atoms with Crippen molar-refractivity contribution in [2.24, 2.45) is 5.10 Å². The zero-order valence-electron chi connectivity index (χ0n) is 26.4. The first kappa shape index (κ1) is 34.4. The highest BCUT2D eigenvalue weighted by atomic mass is 35.5.